The van der Waals surface area contributed by atoms with Crippen LogP contribution in [0.4, 0.5) is 8.78 Å². The number of hydrogen-bond acceptors (Lipinski definition) is 4. The van der Waals surface area contributed by atoms with Gasteiger partial charge in [-0.25, -0.2) is 0 Å². The van der Waals surface area contributed by atoms with Crippen LogP contribution in [0.5, 0.6) is 5.75 Å². The molecule has 0 saturated heterocycles. The van der Waals surface area contributed by atoms with Crippen molar-refractivity contribution < 1.29 is 23.1 Å². The highest BCUT2D eigenvalue weighted by molar-refractivity contribution is 5.83. The van der Waals surface area contributed by atoms with Gasteiger partial charge in [0.25, 0.3) is 5.91 Å². The molecule has 1 N–H and O–H groups in total. The monoisotopic (exact) mass is 348 g/mol. The second-order valence-corrected chi connectivity index (χ2v) is 5.01. The fourth-order valence-corrected chi connectivity index (χ4v) is 2.02. The highest BCUT2D eigenvalue weighted by atomic mass is 19.3. The molecule has 0 aliphatic heterocycles. The van der Waals surface area contributed by atoms with Crippen molar-refractivity contribution in [2.45, 2.75) is 13.0 Å². The van der Waals surface area contributed by atoms with Gasteiger partial charge in [-0.1, -0.05) is 47.6 Å². The first-order chi connectivity index (χ1) is 12.1. The average Bonchev–Trinajstić information content (AvgIpc) is 2.60. The smallest absolute Gasteiger partial charge is 0.387 e. The zero-order chi connectivity index (χ0) is 17.9. The summed E-state index contributed by atoms with van der Waals surface area (Å²) >= 11 is 0. The van der Waals surface area contributed by atoms with Crippen molar-refractivity contribution in [3.63, 3.8) is 0 Å². The van der Waals surface area contributed by atoms with Crippen molar-refractivity contribution in [1.29, 1.82) is 0 Å². The fourth-order valence-electron chi connectivity index (χ4n) is 2.02. The number of ether oxygens (including phenoxy) is 1. The molecule has 2 aromatic carbocycles. The molecule has 0 aromatic heterocycles. The molecule has 0 heterocycles. The van der Waals surface area contributed by atoms with E-state index in [-0.39, 0.29) is 18.3 Å². The zero-order valence-corrected chi connectivity index (χ0v) is 13.4. The number of nitrogens with one attached hydrogen (secondary N) is 1. The molecule has 0 spiro atoms. The van der Waals surface area contributed by atoms with Crippen molar-refractivity contribution in [3.8, 4) is 5.75 Å². The largest absolute Gasteiger partial charge is 0.434 e. The number of alkyl halides is 2. The van der Waals surface area contributed by atoms with Gasteiger partial charge in [0, 0.05) is 12.1 Å². The number of oxime groups is 1. The van der Waals surface area contributed by atoms with Crippen LogP contribution in [0.1, 0.15) is 11.1 Å². The molecule has 7 heteroatoms. The predicted octanol–water partition coefficient (Wildman–Crippen LogP) is 3.00. The quantitative estimate of drug-likeness (QED) is 0.560. The lowest BCUT2D eigenvalue weighted by molar-refractivity contribution is -0.125. The minimum absolute atomic E-state index is 0.0165. The maximum atomic E-state index is 12.3. The lowest BCUT2D eigenvalue weighted by atomic mass is 10.1. The van der Waals surface area contributed by atoms with E-state index in [9.17, 15) is 13.6 Å². The van der Waals surface area contributed by atoms with Crippen LogP contribution in [0, 0.1) is 0 Å². The first-order valence-electron chi connectivity index (χ1n) is 7.65. The third-order valence-corrected chi connectivity index (χ3v) is 3.18. The Bertz CT molecular complexity index is 694. The molecule has 25 heavy (non-hydrogen) atoms. The van der Waals surface area contributed by atoms with Crippen LogP contribution in [-0.4, -0.2) is 31.9 Å². The summed E-state index contributed by atoms with van der Waals surface area (Å²) in [6.07, 6.45) is 1.93. The fraction of sp³-hybridized carbons (Fsp3) is 0.222. The number of halogens is 2. The average molecular weight is 348 g/mol. The molecular formula is C18H18F2N2O3. The van der Waals surface area contributed by atoms with Crippen molar-refractivity contribution in [1.82, 2.24) is 5.32 Å². The Labute approximate surface area is 144 Å². The molecule has 1 amide bonds. The van der Waals surface area contributed by atoms with E-state index in [0.29, 0.717) is 18.5 Å². The summed E-state index contributed by atoms with van der Waals surface area (Å²) in [5.74, 6) is -0.331. The van der Waals surface area contributed by atoms with Crippen molar-refractivity contribution >= 4 is 12.1 Å². The number of carbonyl (C=O) groups excluding carboxylic acids is 1. The van der Waals surface area contributed by atoms with Crippen molar-refractivity contribution in [3.05, 3.63) is 65.7 Å². The van der Waals surface area contributed by atoms with E-state index in [1.807, 2.05) is 30.3 Å². The number of amides is 1. The third kappa shape index (κ3) is 6.99. The Morgan fingerprint density at radius 3 is 2.60 bits per heavy atom. The lowest BCUT2D eigenvalue weighted by Gasteiger charge is -2.07. The van der Waals surface area contributed by atoms with Crippen LogP contribution < -0.4 is 10.1 Å². The molecule has 132 valence electrons. The lowest BCUT2D eigenvalue weighted by Crippen LogP contribution is -2.28. The van der Waals surface area contributed by atoms with Gasteiger partial charge >= 0.3 is 6.61 Å². The Morgan fingerprint density at radius 1 is 1.12 bits per heavy atom. The van der Waals surface area contributed by atoms with Gasteiger partial charge < -0.3 is 14.9 Å². The second kappa shape index (κ2) is 10.0. The minimum Gasteiger partial charge on any atom is -0.434 e. The minimum atomic E-state index is -2.93. The van der Waals surface area contributed by atoms with Crippen LogP contribution >= 0.6 is 0 Å². The number of rotatable bonds is 9. The van der Waals surface area contributed by atoms with E-state index in [2.05, 4.69) is 15.2 Å². The standard InChI is InChI=1S/C18H18F2N2O3/c19-18(20)25-16-9-5-4-8-15(16)12-22-24-13-17(23)21-11-10-14-6-2-1-3-7-14/h1-9,12,18H,10-11,13H2,(H,21,23)/b22-12+. The number of nitrogens with zero attached hydrogens (tertiary/aromatic N) is 1. The highest BCUT2D eigenvalue weighted by Crippen LogP contribution is 2.18. The Morgan fingerprint density at radius 2 is 1.84 bits per heavy atom. The van der Waals surface area contributed by atoms with Gasteiger partial charge in [-0.3, -0.25) is 4.79 Å². The molecule has 0 bridgehead atoms. The van der Waals surface area contributed by atoms with E-state index in [1.54, 1.807) is 18.2 Å². The normalized spacial score (nSPS) is 10.8. The molecule has 0 unspecified atom stereocenters. The van der Waals surface area contributed by atoms with Crippen LogP contribution in [-0.2, 0) is 16.1 Å². The molecule has 0 radical (unpaired) electrons. The molecule has 0 aliphatic carbocycles. The summed E-state index contributed by atoms with van der Waals surface area (Å²) in [5, 5.41) is 6.31. The summed E-state index contributed by atoms with van der Waals surface area (Å²) in [7, 11) is 0. The van der Waals surface area contributed by atoms with E-state index >= 15 is 0 Å². The zero-order valence-electron chi connectivity index (χ0n) is 13.4. The first-order valence-corrected chi connectivity index (χ1v) is 7.65. The van der Waals surface area contributed by atoms with E-state index in [4.69, 9.17) is 4.84 Å². The van der Waals surface area contributed by atoms with Gasteiger partial charge in [0.05, 0.1) is 6.21 Å². The van der Waals surface area contributed by atoms with Gasteiger partial charge in [0.1, 0.15) is 5.75 Å². The summed E-state index contributed by atoms with van der Waals surface area (Å²) in [5.41, 5.74) is 1.45. The van der Waals surface area contributed by atoms with Crippen LogP contribution in [0.2, 0.25) is 0 Å². The van der Waals surface area contributed by atoms with Gasteiger partial charge in [0.2, 0.25) is 0 Å². The number of carbonyl (C=O) groups is 1. The molecule has 2 aromatic rings. The summed E-state index contributed by atoms with van der Waals surface area (Å²) in [6, 6.07) is 15.9. The van der Waals surface area contributed by atoms with Gasteiger partial charge in [-0.2, -0.15) is 8.78 Å². The molecule has 0 fully saturated rings. The van der Waals surface area contributed by atoms with E-state index in [0.717, 1.165) is 5.56 Å². The first kappa shape index (κ1) is 18.4. The molecule has 5 nitrogen and oxygen atoms in total. The number of para-hydroxylation sites is 1. The number of hydrogen-bond donors (Lipinski definition) is 1. The van der Waals surface area contributed by atoms with E-state index < -0.39 is 6.61 Å². The molecule has 0 aliphatic rings. The highest BCUT2D eigenvalue weighted by Gasteiger charge is 2.07. The molecule has 2 rings (SSSR count). The van der Waals surface area contributed by atoms with Crippen LogP contribution in [0.15, 0.2) is 59.8 Å². The maximum Gasteiger partial charge on any atom is 0.387 e. The van der Waals surface area contributed by atoms with Gasteiger partial charge in [0.15, 0.2) is 6.61 Å². The maximum absolute atomic E-state index is 12.3. The molecule has 0 saturated carbocycles. The Hall–Kier alpha value is -2.96. The molecule has 0 atom stereocenters. The molecular weight excluding hydrogens is 330 g/mol. The number of benzene rings is 2. The summed E-state index contributed by atoms with van der Waals surface area (Å²) in [6.45, 7) is -2.70. The van der Waals surface area contributed by atoms with Crippen LogP contribution in [0.25, 0.3) is 0 Å². The summed E-state index contributed by atoms with van der Waals surface area (Å²) < 4.78 is 28.9. The Kier molecular flexibility index (Phi) is 7.37. The SMILES string of the molecule is O=C(CO/N=C/c1ccccc1OC(F)F)NCCc1ccccc1. The predicted molar refractivity (Wildman–Crippen MR) is 89.8 cm³/mol. The topological polar surface area (TPSA) is 59.9 Å². The van der Waals surface area contributed by atoms with Gasteiger partial charge in [-0.05, 0) is 24.1 Å². The second-order valence-electron chi connectivity index (χ2n) is 5.01. The Balaban J connectivity index is 1.71. The third-order valence-electron chi connectivity index (χ3n) is 3.18. The van der Waals surface area contributed by atoms with Crippen molar-refractivity contribution in [2.24, 2.45) is 5.16 Å². The van der Waals surface area contributed by atoms with E-state index in [1.165, 1.54) is 12.3 Å². The van der Waals surface area contributed by atoms with Crippen LogP contribution in [0.3, 0.4) is 0 Å². The van der Waals surface area contributed by atoms with Gasteiger partial charge in [-0.15, -0.1) is 0 Å². The summed E-state index contributed by atoms with van der Waals surface area (Å²) in [4.78, 5) is 16.5. The van der Waals surface area contributed by atoms with Crippen molar-refractivity contribution in [2.75, 3.05) is 13.2 Å².